The van der Waals surface area contributed by atoms with Gasteiger partial charge in [0.05, 0.1) is 0 Å². The summed E-state index contributed by atoms with van der Waals surface area (Å²) in [6.07, 6.45) is 16.8. The Labute approximate surface area is 412 Å². The standard InChI is InChI=1S/C48H108N2O12Si4/c1-13-51-63(52-14-2,53-15-3)45-35-41-49(42-36-46-64(54-16-4,55-17-5)56-18-6)39-33-31-29-27-25-26-28-30-32-34-40-50(43-37-47-65(57-19-7,58-20-8)59-21-9)44-38-48-66(60-22-10,61-23-11)62-24-12/h13-48H2,1-12H3. The molecule has 0 atom stereocenters. The van der Waals surface area contributed by atoms with Crippen molar-refractivity contribution in [2.24, 2.45) is 0 Å². The summed E-state index contributed by atoms with van der Waals surface area (Å²) in [6.45, 7) is 37.9. The van der Waals surface area contributed by atoms with Gasteiger partial charge in [-0.1, -0.05) is 51.4 Å². The molecule has 0 saturated heterocycles. The van der Waals surface area contributed by atoms with E-state index in [1.165, 1.54) is 64.2 Å². The zero-order valence-electron chi connectivity index (χ0n) is 45.2. The van der Waals surface area contributed by atoms with Crippen LogP contribution in [0.3, 0.4) is 0 Å². The summed E-state index contributed by atoms with van der Waals surface area (Å²) in [6, 6.07) is 3.37. The lowest BCUT2D eigenvalue weighted by Crippen LogP contribution is -2.47. The Bertz CT molecular complexity index is 840. The number of hydrogen-bond acceptors (Lipinski definition) is 14. The van der Waals surface area contributed by atoms with Gasteiger partial charge < -0.3 is 62.9 Å². The molecule has 66 heavy (non-hydrogen) atoms. The Balaban J connectivity index is 5.12. The molecule has 0 aliphatic rings. The molecule has 0 aromatic rings. The first-order valence-corrected chi connectivity index (χ1v) is 34.9. The van der Waals surface area contributed by atoms with E-state index in [0.717, 1.165) is 89.1 Å². The Kier molecular flexibility index (Phi) is 44.2. The molecule has 0 bridgehead atoms. The highest BCUT2D eigenvalue weighted by molar-refractivity contribution is 6.61. The van der Waals surface area contributed by atoms with Crippen molar-refractivity contribution in [2.75, 3.05) is 119 Å². The Morgan fingerprint density at radius 3 is 0.485 bits per heavy atom. The predicted octanol–water partition coefficient (Wildman–Crippen LogP) is 11.2. The fraction of sp³-hybridized carbons (Fsp3) is 1.00. The predicted molar refractivity (Wildman–Crippen MR) is 279 cm³/mol. The molecule has 18 heteroatoms. The second kappa shape index (κ2) is 44.0. The van der Waals surface area contributed by atoms with E-state index in [1.807, 2.05) is 83.1 Å². The second-order valence-electron chi connectivity index (χ2n) is 16.6. The van der Waals surface area contributed by atoms with Crippen LogP contribution in [-0.2, 0) is 53.1 Å². The molecule has 0 aliphatic carbocycles. The molecule has 0 unspecified atom stereocenters. The van der Waals surface area contributed by atoms with Gasteiger partial charge in [0.2, 0.25) is 0 Å². The smallest absolute Gasteiger partial charge is 0.374 e. The van der Waals surface area contributed by atoms with E-state index >= 15 is 0 Å². The zero-order valence-corrected chi connectivity index (χ0v) is 49.2. The van der Waals surface area contributed by atoms with Gasteiger partial charge in [-0.05, 0) is 161 Å². The Morgan fingerprint density at radius 1 is 0.197 bits per heavy atom. The molecule has 0 rings (SSSR count). The van der Waals surface area contributed by atoms with Crippen molar-refractivity contribution in [3.8, 4) is 0 Å². The number of unbranched alkanes of at least 4 members (excludes halogenated alkanes) is 9. The van der Waals surface area contributed by atoms with Crippen LogP contribution in [0.5, 0.6) is 0 Å². The molecule has 0 N–H and O–H groups in total. The fourth-order valence-corrected chi connectivity index (χ4v) is 19.2. The first-order chi connectivity index (χ1) is 32.1. The summed E-state index contributed by atoms with van der Waals surface area (Å²) in [4.78, 5) is 5.25. The molecule has 0 aromatic heterocycles. The van der Waals surface area contributed by atoms with Crippen LogP contribution in [0.25, 0.3) is 0 Å². The SMILES string of the molecule is CCO[Si](CCCN(CCCCCCCCCCCCN(CCC[Si](OCC)(OCC)OCC)CCC[Si](OCC)(OCC)OCC)CCC[Si](OCC)(OCC)OCC)(OCC)OCC. The van der Waals surface area contributed by atoms with Gasteiger partial charge in [0.25, 0.3) is 0 Å². The quantitative estimate of drug-likeness (QED) is 0.0425. The van der Waals surface area contributed by atoms with Gasteiger partial charge in [-0.25, -0.2) is 0 Å². The van der Waals surface area contributed by atoms with Crippen LogP contribution in [0, 0.1) is 0 Å². The highest BCUT2D eigenvalue weighted by Crippen LogP contribution is 2.24. The lowest BCUT2D eigenvalue weighted by molar-refractivity contribution is 0.0676. The molecule has 0 spiro atoms. The molecule has 0 saturated carbocycles. The molecule has 14 nitrogen and oxygen atoms in total. The average Bonchev–Trinajstić information content (AvgIpc) is 3.27. The molecule has 0 aromatic carbocycles. The topological polar surface area (TPSA) is 117 Å². The maximum Gasteiger partial charge on any atom is 0.500 e. The minimum atomic E-state index is -2.67. The first-order valence-electron chi connectivity index (χ1n) is 27.2. The maximum absolute atomic E-state index is 6.17. The van der Waals surface area contributed by atoms with Gasteiger partial charge in [-0.15, -0.1) is 0 Å². The van der Waals surface area contributed by atoms with E-state index in [4.69, 9.17) is 53.1 Å². The molecule has 0 aliphatic heterocycles. The third kappa shape index (κ3) is 30.9. The summed E-state index contributed by atoms with van der Waals surface area (Å²) in [5.41, 5.74) is 0. The largest absolute Gasteiger partial charge is 0.500 e. The van der Waals surface area contributed by atoms with Crippen molar-refractivity contribution in [2.45, 2.75) is 197 Å². The maximum atomic E-state index is 6.17. The molecule has 0 fully saturated rings. The molecule has 398 valence electrons. The van der Waals surface area contributed by atoms with Gasteiger partial charge >= 0.3 is 35.2 Å². The minimum absolute atomic E-state index is 0.612. The molecular formula is C48H108N2O12Si4. The van der Waals surface area contributed by atoms with Crippen LogP contribution in [-0.4, -0.2) is 164 Å². The number of rotatable bonds is 53. The highest BCUT2D eigenvalue weighted by atomic mass is 28.4. The summed E-state index contributed by atoms with van der Waals surface area (Å²) in [5.74, 6) is 0. The minimum Gasteiger partial charge on any atom is -0.374 e. The van der Waals surface area contributed by atoms with E-state index in [0.29, 0.717) is 79.3 Å². The van der Waals surface area contributed by atoms with Crippen LogP contribution in [0.4, 0.5) is 0 Å². The summed E-state index contributed by atoms with van der Waals surface area (Å²) >= 11 is 0. The van der Waals surface area contributed by atoms with Crippen LogP contribution in [0.1, 0.15) is 173 Å². The van der Waals surface area contributed by atoms with E-state index in [9.17, 15) is 0 Å². The Morgan fingerprint density at radius 2 is 0.333 bits per heavy atom. The van der Waals surface area contributed by atoms with Crippen molar-refractivity contribution in [3.05, 3.63) is 0 Å². The number of nitrogens with zero attached hydrogens (tertiary/aromatic N) is 2. The zero-order chi connectivity index (χ0) is 49.1. The highest BCUT2D eigenvalue weighted by Gasteiger charge is 2.43. The first kappa shape index (κ1) is 66.3. The molecule has 0 amide bonds. The molecular weight excluding hydrogens is 909 g/mol. The van der Waals surface area contributed by atoms with E-state index in [2.05, 4.69) is 9.80 Å². The van der Waals surface area contributed by atoms with Crippen LogP contribution >= 0.6 is 0 Å². The third-order valence-electron chi connectivity index (χ3n) is 11.4. The van der Waals surface area contributed by atoms with E-state index in [-0.39, 0.29) is 0 Å². The normalized spacial score (nSPS) is 13.0. The van der Waals surface area contributed by atoms with Crippen LogP contribution in [0.15, 0.2) is 0 Å². The van der Waals surface area contributed by atoms with Crippen molar-refractivity contribution >= 4 is 35.2 Å². The van der Waals surface area contributed by atoms with Gasteiger partial charge in [0, 0.05) is 103 Å². The summed E-state index contributed by atoms with van der Waals surface area (Å²) in [7, 11) is -10.7. The summed E-state index contributed by atoms with van der Waals surface area (Å²) < 4.78 is 74.1. The van der Waals surface area contributed by atoms with Gasteiger partial charge in [-0.3, -0.25) is 0 Å². The fourth-order valence-electron chi connectivity index (χ4n) is 8.84. The lowest BCUT2D eigenvalue weighted by atomic mass is 10.1. The molecule has 0 radical (unpaired) electrons. The lowest BCUT2D eigenvalue weighted by Gasteiger charge is -2.31. The molecule has 0 heterocycles. The van der Waals surface area contributed by atoms with Crippen LogP contribution in [0.2, 0.25) is 24.2 Å². The van der Waals surface area contributed by atoms with Crippen molar-refractivity contribution < 1.29 is 53.1 Å². The van der Waals surface area contributed by atoms with E-state index in [1.54, 1.807) is 0 Å². The van der Waals surface area contributed by atoms with Crippen molar-refractivity contribution in [3.63, 3.8) is 0 Å². The van der Waals surface area contributed by atoms with Gasteiger partial charge in [0.1, 0.15) is 0 Å². The van der Waals surface area contributed by atoms with Crippen LogP contribution < -0.4 is 0 Å². The number of hydrogen-bond donors (Lipinski definition) is 0. The van der Waals surface area contributed by atoms with Gasteiger partial charge in [0.15, 0.2) is 0 Å². The third-order valence-corrected chi connectivity index (χ3v) is 24.0. The second-order valence-corrected chi connectivity index (χ2v) is 27.5. The van der Waals surface area contributed by atoms with Crippen molar-refractivity contribution in [1.29, 1.82) is 0 Å². The van der Waals surface area contributed by atoms with Gasteiger partial charge in [-0.2, -0.15) is 0 Å². The monoisotopic (exact) mass is 1020 g/mol. The van der Waals surface area contributed by atoms with Crippen molar-refractivity contribution in [1.82, 2.24) is 9.80 Å². The summed E-state index contributed by atoms with van der Waals surface area (Å²) in [5, 5.41) is 0. The Hall–Kier alpha value is 0.308. The van der Waals surface area contributed by atoms with E-state index < -0.39 is 35.2 Å². The average molecular weight is 1020 g/mol.